The van der Waals surface area contributed by atoms with Crippen LogP contribution in [0.5, 0.6) is 0 Å². The maximum Gasteiger partial charge on any atom is 0.178 e. The number of rotatable bonds is 5. The number of nitrogens with zero attached hydrogens (tertiary/aromatic N) is 3. The van der Waals surface area contributed by atoms with Crippen LogP contribution in [0.3, 0.4) is 0 Å². The lowest BCUT2D eigenvalue weighted by atomic mass is 10.3. The molecule has 1 saturated heterocycles. The third-order valence-electron chi connectivity index (χ3n) is 4.26. The molecule has 3 rings (SSSR count). The molecule has 0 bridgehead atoms. The van der Waals surface area contributed by atoms with Gasteiger partial charge in [0.15, 0.2) is 8.37 Å². The highest BCUT2D eigenvalue weighted by atomic mass is 31.2. The van der Waals surface area contributed by atoms with E-state index in [0.717, 1.165) is 26.2 Å². The van der Waals surface area contributed by atoms with E-state index in [-0.39, 0.29) is 0 Å². The van der Waals surface area contributed by atoms with E-state index in [1.54, 1.807) is 0 Å². The Morgan fingerprint density at radius 1 is 0.783 bits per heavy atom. The molecule has 3 nitrogen and oxygen atoms in total. The molecule has 1 aliphatic rings. The van der Waals surface area contributed by atoms with E-state index in [1.807, 2.05) is 0 Å². The predicted octanol–water partition coefficient (Wildman–Crippen LogP) is 4.97. The number of hydrogen-bond donors (Lipinski definition) is 0. The molecule has 1 heterocycles. The fraction of sp³-hybridized carbons (Fsp3) is 0.368. The van der Waals surface area contributed by atoms with Gasteiger partial charge in [0, 0.05) is 37.6 Å². The number of hydrogen-bond acceptors (Lipinski definition) is 3. The molecule has 0 aliphatic carbocycles. The highest BCUT2D eigenvalue weighted by molar-refractivity contribution is 7.58. The van der Waals surface area contributed by atoms with E-state index in [0.29, 0.717) is 0 Å². The smallest absolute Gasteiger partial charge is 0.178 e. The third-order valence-corrected chi connectivity index (χ3v) is 7.06. The minimum Gasteiger partial charge on any atom is -0.321 e. The largest absolute Gasteiger partial charge is 0.321 e. The zero-order valence-electron chi connectivity index (χ0n) is 14.1. The molecule has 1 aliphatic heterocycles. The third kappa shape index (κ3) is 3.52. The Morgan fingerprint density at radius 2 is 1.22 bits per heavy atom. The van der Waals surface area contributed by atoms with Crippen molar-refractivity contribution in [3.63, 3.8) is 0 Å². The molecular formula is C19H26N3P. The second-order valence-electron chi connectivity index (χ2n) is 5.68. The first-order chi connectivity index (χ1) is 11.3. The van der Waals surface area contributed by atoms with Crippen molar-refractivity contribution in [1.82, 2.24) is 4.67 Å². The molecule has 0 spiro atoms. The van der Waals surface area contributed by atoms with Gasteiger partial charge in [0.1, 0.15) is 0 Å². The molecule has 0 unspecified atom stereocenters. The van der Waals surface area contributed by atoms with E-state index in [2.05, 4.69) is 88.5 Å². The Bertz CT molecular complexity index is 539. The van der Waals surface area contributed by atoms with Crippen molar-refractivity contribution < 1.29 is 0 Å². The summed E-state index contributed by atoms with van der Waals surface area (Å²) in [5.41, 5.74) is 2.68. The maximum absolute atomic E-state index is 2.61. The molecular weight excluding hydrogens is 301 g/mol. The molecule has 0 aromatic heterocycles. The molecule has 2 aromatic rings. The molecule has 122 valence electrons. The van der Waals surface area contributed by atoms with E-state index >= 15 is 0 Å². The van der Waals surface area contributed by atoms with Crippen LogP contribution in [-0.2, 0) is 0 Å². The normalized spacial score (nSPS) is 16.1. The van der Waals surface area contributed by atoms with Crippen LogP contribution in [0.1, 0.15) is 20.3 Å². The molecule has 23 heavy (non-hydrogen) atoms. The van der Waals surface area contributed by atoms with Gasteiger partial charge in [-0.15, -0.1) is 0 Å². The fourth-order valence-electron chi connectivity index (χ4n) is 3.13. The zero-order chi connectivity index (χ0) is 16.1. The highest BCUT2D eigenvalue weighted by Crippen LogP contribution is 2.54. The Hall–Kier alpha value is -1.57. The zero-order valence-corrected chi connectivity index (χ0v) is 15.0. The monoisotopic (exact) mass is 327 g/mol. The number of anilines is 2. The molecule has 0 atom stereocenters. The minimum absolute atomic E-state index is 0.515. The van der Waals surface area contributed by atoms with Crippen LogP contribution in [0.25, 0.3) is 0 Å². The minimum atomic E-state index is -0.515. The second kappa shape index (κ2) is 7.81. The lowest BCUT2D eigenvalue weighted by Gasteiger charge is -2.49. The van der Waals surface area contributed by atoms with Crippen molar-refractivity contribution in [3.8, 4) is 0 Å². The summed E-state index contributed by atoms with van der Waals surface area (Å²) in [5.74, 6) is 0. The van der Waals surface area contributed by atoms with Gasteiger partial charge in [-0.1, -0.05) is 50.2 Å². The Morgan fingerprint density at radius 3 is 1.61 bits per heavy atom. The maximum atomic E-state index is 2.61. The summed E-state index contributed by atoms with van der Waals surface area (Å²) in [6.45, 7) is 8.97. The number of benzene rings is 2. The summed E-state index contributed by atoms with van der Waals surface area (Å²) in [6.07, 6.45) is 1.20. The van der Waals surface area contributed by atoms with Gasteiger partial charge >= 0.3 is 0 Å². The first kappa shape index (κ1) is 16.3. The SMILES string of the molecule is CCN(CC)P1N(c2ccccc2)CCCN1c1ccccc1. The molecule has 0 radical (unpaired) electrons. The second-order valence-corrected chi connectivity index (χ2v) is 7.75. The van der Waals surface area contributed by atoms with E-state index in [9.17, 15) is 0 Å². The van der Waals surface area contributed by atoms with Crippen LogP contribution in [0.4, 0.5) is 11.4 Å². The molecule has 0 saturated carbocycles. The van der Waals surface area contributed by atoms with Crippen LogP contribution in [-0.4, -0.2) is 30.8 Å². The van der Waals surface area contributed by atoms with Gasteiger partial charge in [0.05, 0.1) is 0 Å². The van der Waals surface area contributed by atoms with Crippen molar-refractivity contribution in [2.75, 3.05) is 35.5 Å². The van der Waals surface area contributed by atoms with Crippen molar-refractivity contribution in [2.45, 2.75) is 20.3 Å². The van der Waals surface area contributed by atoms with Gasteiger partial charge in [0.2, 0.25) is 0 Å². The average Bonchev–Trinajstić information content (AvgIpc) is 2.64. The lowest BCUT2D eigenvalue weighted by Crippen LogP contribution is -2.43. The van der Waals surface area contributed by atoms with E-state index < -0.39 is 8.37 Å². The van der Waals surface area contributed by atoms with Crippen LogP contribution in [0.15, 0.2) is 60.7 Å². The summed E-state index contributed by atoms with van der Waals surface area (Å²) < 4.78 is 7.83. The first-order valence-corrected chi connectivity index (χ1v) is 9.75. The summed E-state index contributed by atoms with van der Waals surface area (Å²) in [7, 11) is -0.515. The summed E-state index contributed by atoms with van der Waals surface area (Å²) in [5, 5.41) is 0. The quantitative estimate of drug-likeness (QED) is 0.718. The average molecular weight is 327 g/mol. The standard InChI is InChI=1S/C19H26N3P/c1-3-20(4-2)23-21(18-12-7-5-8-13-18)16-11-17-22(23)19-14-9-6-10-15-19/h5-10,12-15H,3-4,11,16-17H2,1-2H3. The Balaban J connectivity index is 1.98. The van der Waals surface area contributed by atoms with E-state index in [4.69, 9.17) is 0 Å². The van der Waals surface area contributed by atoms with Crippen LogP contribution in [0.2, 0.25) is 0 Å². The van der Waals surface area contributed by atoms with Crippen LogP contribution < -0.4 is 9.34 Å². The van der Waals surface area contributed by atoms with Gasteiger partial charge in [-0.25, -0.2) is 4.67 Å². The van der Waals surface area contributed by atoms with Gasteiger partial charge in [-0.05, 0) is 30.7 Å². The Labute approximate surface area is 141 Å². The summed E-state index contributed by atoms with van der Waals surface area (Å²) in [4.78, 5) is 0. The van der Waals surface area contributed by atoms with Crippen molar-refractivity contribution in [1.29, 1.82) is 0 Å². The van der Waals surface area contributed by atoms with Gasteiger partial charge in [-0.2, -0.15) is 0 Å². The molecule has 0 N–H and O–H groups in total. The predicted molar refractivity (Wildman–Crippen MR) is 102 cm³/mol. The van der Waals surface area contributed by atoms with Gasteiger partial charge < -0.3 is 9.34 Å². The van der Waals surface area contributed by atoms with Crippen LogP contribution in [0, 0.1) is 0 Å². The summed E-state index contributed by atoms with van der Waals surface area (Å²) >= 11 is 0. The molecule has 0 amide bonds. The highest BCUT2D eigenvalue weighted by Gasteiger charge is 2.34. The summed E-state index contributed by atoms with van der Waals surface area (Å²) in [6, 6.07) is 21.8. The van der Waals surface area contributed by atoms with Gasteiger partial charge in [-0.3, -0.25) is 0 Å². The van der Waals surface area contributed by atoms with Crippen molar-refractivity contribution in [3.05, 3.63) is 60.7 Å². The van der Waals surface area contributed by atoms with Crippen LogP contribution >= 0.6 is 8.37 Å². The lowest BCUT2D eigenvalue weighted by molar-refractivity contribution is 0.495. The molecule has 2 aromatic carbocycles. The van der Waals surface area contributed by atoms with E-state index in [1.165, 1.54) is 17.8 Å². The molecule has 1 fully saturated rings. The number of para-hydroxylation sites is 2. The van der Waals surface area contributed by atoms with Crippen molar-refractivity contribution in [2.24, 2.45) is 0 Å². The molecule has 4 heteroatoms. The topological polar surface area (TPSA) is 9.72 Å². The Kier molecular flexibility index (Phi) is 5.53. The first-order valence-electron chi connectivity index (χ1n) is 8.55. The van der Waals surface area contributed by atoms with Gasteiger partial charge in [0.25, 0.3) is 0 Å². The van der Waals surface area contributed by atoms with Crippen molar-refractivity contribution >= 4 is 19.7 Å². The fourth-order valence-corrected chi connectivity index (χ4v) is 5.82.